The number of unbranched alkanes of at least 4 members (excludes halogenated alkanes) is 23. The Hall–Kier alpha value is -5.24. The maximum atomic E-state index is 12.4. The fourth-order valence-corrected chi connectivity index (χ4v) is 7.97. The van der Waals surface area contributed by atoms with Crippen molar-refractivity contribution in [3.8, 4) is 23.0 Å². The van der Waals surface area contributed by atoms with Crippen LogP contribution in [-0.2, 0) is 9.59 Å². The molecule has 4 rings (SSSR count). The summed E-state index contributed by atoms with van der Waals surface area (Å²) in [5.74, 6) is 2.36. The van der Waals surface area contributed by atoms with E-state index in [2.05, 4.69) is 23.8 Å². The number of esters is 2. The molecule has 8 heteroatoms. The monoisotopic (exact) mass is 929 g/mol. The molecule has 4 aromatic rings. The van der Waals surface area contributed by atoms with Crippen LogP contribution in [0, 0.1) is 0 Å². The van der Waals surface area contributed by atoms with Crippen molar-refractivity contribution in [2.24, 2.45) is 9.98 Å². The molecule has 0 heterocycles. The van der Waals surface area contributed by atoms with Crippen LogP contribution in [0.1, 0.15) is 205 Å². The lowest BCUT2D eigenvalue weighted by molar-refractivity contribution is -0.135. The van der Waals surface area contributed by atoms with Crippen LogP contribution in [0.4, 0.5) is 11.4 Å². The number of hydrogen-bond acceptors (Lipinski definition) is 8. The highest BCUT2D eigenvalue weighted by molar-refractivity contribution is 5.83. The third-order valence-corrected chi connectivity index (χ3v) is 12.2. The summed E-state index contributed by atoms with van der Waals surface area (Å²) in [7, 11) is 0. The summed E-state index contributed by atoms with van der Waals surface area (Å²) < 4.78 is 23.0. The minimum absolute atomic E-state index is 0.227. The van der Waals surface area contributed by atoms with E-state index in [1.165, 1.54) is 116 Å². The van der Waals surface area contributed by atoms with Gasteiger partial charge in [-0.3, -0.25) is 19.6 Å². The zero-order valence-corrected chi connectivity index (χ0v) is 41.9. The van der Waals surface area contributed by atoms with Gasteiger partial charge in [0, 0.05) is 25.3 Å². The summed E-state index contributed by atoms with van der Waals surface area (Å²) in [6.07, 6.45) is 36.1. The molecule has 0 fully saturated rings. The Labute approximate surface area is 410 Å². The van der Waals surface area contributed by atoms with Crippen molar-refractivity contribution in [1.82, 2.24) is 0 Å². The smallest absolute Gasteiger partial charge is 0.311 e. The van der Waals surface area contributed by atoms with Crippen molar-refractivity contribution < 1.29 is 28.5 Å². The van der Waals surface area contributed by atoms with E-state index in [1.54, 1.807) is 36.7 Å². The summed E-state index contributed by atoms with van der Waals surface area (Å²) in [5, 5.41) is 0. The highest BCUT2D eigenvalue weighted by Crippen LogP contribution is 2.22. The van der Waals surface area contributed by atoms with Crippen LogP contribution in [0.2, 0.25) is 0 Å². The first kappa shape index (κ1) is 55.4. The fraction of sp³-hybridized carbons (Fsp3) is 0.533. The van der Waals surface area contributed by atoms with Gasteiger partial charge in [0.1, 0.15) is 23.0 Å². The van der Waals surface area contributed by atoms with Gasteiger partial charge in [0.25, 0.3) is 0 Å². The molecule has 4 aromatic carbocycles. The molecule has 0 aliphatic heterocycles. The maximum absolute atomic E-state index is 12.4. The number of aliphatic imine (C=N–C) groups is 2. The molecule has 0 bridgehead atoms. The molecular formula is C60H84N2O6. The second-order valence-electron chi connectivity index (χ2n) is 18.3. The second-order valence-corrected chi connectivity index (χ2v) is 18.3. The van der Waals surface area contributed by atoms with Crippen molar-refractivity contribution in [1.29, 1.82) is 0 Å². The third kappa shape index (κ3) is 26.9. The molecule has 0 radical (unpaired) electrons. The van der Waals surface area contributed by atoms with Crippen LogP contribution < -0.4 is 18.9 Å². The van der Waals surface area contributed by atoms with Gasteiger partial charge >= 0.3 is 11.9 Å². The van der Waals surface area contributed by atoms with E-state index in [0.29, 0.717) is 24.3 Å². The molecule has 0 atom stereocenters. The summed E-state index contributed by atoms with van der Waals surface area (Å²) >= 11 is 0. The molecule has 8 nitrogen and oxygen atoms in total. The standard InChI is InChI=1S/C60H84N2O6/c1-3-5-7-9-11-13-15-19-23-27-47-65-55-43-35-53(36-44-55)61-49-51-31-39-57(40-32-51)67-59(63)29-25-21-17-18-22-26-30-60(64)68-58-41-33-52(34-42-58)50-62-54-37-45-56(46-38-54)66-48-28-24-20-16-14-12-10-8-6-4-2/h31-46,49-50H,3-30,47-48H2,1-2H3. The van der Waals surface area contributed by atoms with E-state index in [0.717, 1.165) is 98.6 Å². The molecule has 0 N–H and O–H groups in total. The Morgan fingerprint density at radius 3 is 0.956 bits per heavy atom. The molecule has 0 saturated heterocycles. The zero-order chi connectivity index (χ0) is 48.0. The van der Waals surface area contributed by atoms with Gasteiger partial charge in [0.15, 0.2) is 0 Å². The van der Waals surface area contributed by atoms with Crippen LogP contribution in [0.15, 0.2) is 107 Å². The number of hydrogen-bond donors (Lipinski definition) is 0. The van der Waals surface area contributed by atoms with Crippen LogP contribution >= 0.6 is 0 Å². The zero-order valence-electron chi connectivity index (χ0n) is 41.9. The van der Waals surface area contributed by atoms with Crippen molar-refractivity contribution in [3.63, 3.8) is 0 Å². The largest absolute Gasteiger partial charge is 0.494 e. The minimum Gasteiger partial charge on any atom is -0.494 e. The number of ether oxygens (including phenoxy) is 4. The first-order valence-corrected chi connectivity index (χ1v) is 26.7. The summed E-state index contributed by atoms with van der Waals surface area (Å²) in [4.78, 5) is 34.1. The molecule has 68 heavy (non-hydrogen) atoms. The van der Waals surface area contributed by atoms with Gasteiger partial charge in [0.2, 0.25) is 0 Å². The number of rotatable bonds is 39. The van der Waals surface area contributed by atoms with Gasteiger partial charge in [0.05, 0.1) is 24.6 Å². The molecular weight excluding hydrogens is 845 g/mol. The average Bonchev–Trinajstić information content (AvgIpc) is 3.36. The maximum Gasteiger partial charge on any atom is 0.311 e. The molecule has 0 spiro atoms. The van der Waals surface area contributed by atoms with Gasteiger partial charge in [-0.1, -0.05) is 155 Å². The summed E-state index contributed by atoms with van der Waals surface area (Å²) in [6.45, 7) is 6.03. The topological polar surface area (TPSA) is 95.8 Å². The van der Waals surface area contributed by atoms with Crippen molar-refractivity contribution in [3.05, 3.63) is 108 Å². The van der Waals surface area contributed by atoms with Gasteiger partial charge in [-0.25, -0.2) is 0 Å². The minimum atomic E-state index is -0.227. The third-order valence-electron chi connectivity index (χ3n) is 12.2. The van der Waals surface area contributed by atoms with Crippen LogP contribution in [-0.4, -0.2) is 37.6 Å². The number of benzene rings is 4. The van der Waals surface area contributed by atoms with Crippen molar-refractivity contribution in [2.45, 2.75) is 194 Å². The van der Waals surface area contributed by atoms with Crippen molar-refractivity contribution >= 4 is 35.7 Å². The van der Waals surface area contributed by atoms with E-state index in [1.807, 2.05) is 72.8 Å². The van der Waals surface area contributed by atoms with E-state index in [4.69, 9.17) is 18.9 Å². The molecule has 0 amide bonds. The van der Waals surface area contributed by atoms with Gasteiger partial charge < -0.3 is 18.9 Å². The summed E-state index contributed by atoms with van der Waals surface area (Å²) in [5.41, 5.74) is 3.56. The molecule has 0 aliphatic carbocycles. The van der Waals surface area contributed by atoms with Crippen LogP contribution in [0.3, 0.4) is 0 Å². The Kier molecular flexibility index (Phi) is 29.9. The lowest BCUT2D eigenvalue weighted by Gasteiger charge is -2.07. The van der Waals surface area contributed by atoms with Crippen LogP contribution in [0.25, 0.3) is 0 Å². The predicted octanol–water partition coefficient (Wildman–Crippen LogP) is 17.4. The molecule has 0 saturated carbocycles. The van der Waals surface area contributed by atoms with Crippen molar-refractivity contribution in [2.75, 3.05) is 13.2 Å². The average molecular weight is 929 g/mol. The van der Waals surface area contributed by atoms with E-state index >= 15 is 0 Å². The first-order chi connectivity index (χ1) is 33.5. The van der Waals surface area contributed by atoms with Gasteiger partial charge in [-0.05, 0) is 134 Å². The fourth-order valence-electron chi connectivity index (χ4n) is 7.97. The Balaban J connectivity index is 0.963. The summed E-state index contributed by atoms with van der Waals surface area (Å²) in [6, 6.07) is 30.5. The molecule has 370 valence electrons. The Morgan fingerprint density at radius 1 is 0.353 bits per heavy atom. The highest BCUT2D eigenvalue weighted by Gasteiger charge is 2.07. The van der Waals surface area contributed by atoms with Gasteiger partial charge in [-0.2, -0.15) is 0 Å². The van der Waals surface area contributed by atoms with E-state index in [-0.39, 0.29) is 11.9 Å². The number of carbonyl (C=O) groups is 2. The molecule has 0 unspecified atom stereocenters. The van der Waals surface area contributed by atoms with E-state index in [9.17, 15) is 9.59 Å². The number of nitrogens with zero attached hydrogens (tertiary/aromatic N) is 2. The SMILES string of the molecule is CCCCCCCCCCCCOc1ccc(N=Cc2ccc(OC(=O)CCCCCCCCC(=O)Oc3ccc(C=Nc4ccc(OCCCCCCCCCCCC)cc4)cc3)cc2)cc1. The normalized spacial score (nSPS) is 11.4. The Bertz CT molecular complexity index is 1800. The quantitative estimate of drug-likeness (QED) is 0.0191. The first-order valence-electron chi connectivity index (χ1n) is 26.7. The van der Waals surface area contributed by atoms with Gasteiger partial charge in [-0.15, -0.1) is 0 Å². The molecule has 0 aliphatic rings. The second kappa shape index (κ2) is 36.8. The lowest BCUT2D eigenvalue weighted by Crippen LogP contribution is -2.07. The molecule has 0 aromatic heterocycles. The predicted molar refractivity (Wildman–Crippen MR) is 283 cm³/mol. The lowest BCUT2D eigenvalue weighted by atomic mass is 10.1. The highest BCUT2D eigenvalue weighted by atomic mass is 16.5. The number of carbonyl (C=O) groups excluding carboxylic acids is 2. The van der Waals surface area contributed by atoms with Crippen LogP contribution in [0.5, 0.6) is 23.0 Å². The van der Waals surface area contributed by atoms with E-state index < -0.39 is 0 Å². The Morgan fingerprint density at radius 2 is 0.632 bits per heavy atom.